The van der Waals surface area contributed by atoms with Crippen molar-refractivity contribution in [1.29, 1.82) is 0 Å². The number of nitrogens with zero attached hydrogens (tertiary/aromatic N) is 1. The van der Waals surface area contributed by atoms with E-state index in [0.29, 0.717) is 0 Å². The van der Waals surface area contributed by atoms with Gasteiger partial charge in [-0.15, -0.1) is 0 Å². The van der Waals surface area contributed by atoms with Crippen LogP contribution in [0, 0.1) is 12.7 Å². The van der Waals surface area contributed by atoms with E-state index in [2.05, 4.69) is 10.2 Å². The number of halogens is 3. The summed E-state index contributed by atoms with van der Waals surface area (Å²) < 4.78 is 38.8. The molecule has 0 saturated carbocycles. The maximum Gasteiger partial charge on any atom is 0.240 e. The first-order valence-corrected chi connectivity index (χ1v) is 6.57. The second kappa shape index (κ2) is 6.39. The van der Waals surface area contributed by atoms with Crippen LogP contribution >= 0.6 is 0 Å². The molecule has 0 spiro atoms. The summed E-state index contributed by atoms with van der Waals surface area (Å²) >= 11 is 0. The number of benzene rings is 1. The van der Waals surface area contributed by atoms with E-state index in [1.54, 1.807) is 13.0 Å². The van der Waals surface area contributed by atoms with Crippen molar-refractivity contribution in [3.63, 3.8) is 0 Å². The summed E-state index contributed by atoms with van der Waals surface area (Å²) in [6, 6.07) is 4.07. The number of alkyl halides is 2. The predicted molar refractivity (Wildman–Crippen MR) is 68.9 cm³/mol. The molecule has 0 bridgehead atoms. The van der Waals surface area contributed by atoms with E-state index in [9.17, 15) is 13.2 Å². The lowest BCUT2D eigenvalue weighted by Crippen LogP contribution is -2.45. The third-order valence-electron chi connectivity index (χ3n) is 3.58. The fraction of sp³-hybridized carbons (Fsp3) is 0.571. The monoisotopic (exact) mass is 272 g/mol. The lowest BCUT2D eigenvalue weighted by molar-refractivity contribution is 0.0736. The van der Waals surface area contributed by atoms with E-state index in [1.165, 1.54) is 12.1 Å². The first kappa shape index (κ1) is 14.3. The molecule has 19 heavy (non-hydrogen) atoms. The highest BCUT2D eigenvalue weighted by atomic mass is 19.3. The number of hydrogen-bond donors (Lipinski definition) is 1. The van der Waals surface area contributed by atoms with E-state index < -0.39 is 6.43 Å². The van der Waals surface area contributed by atoms with Gasteiger partial charge in [0.25, 0.3) is 0 Å². The average Bonchev–Trinajstić information content (AvgIpc) is 2.37. The first-order chi connectivity index (χ1) is 9.08. The summed E-state index contributed by atoms with van der Waals surface area (Å²) in [6.45, 7) is 4.88. The van der Waals surface area contributed by atoms with Gasteiger partial charge in [0, 0.05) is 38.6 Å². The molecular formula is C14H19F3N2. The van der Waals surface area contributed by atoms with E-state index in [1.807, 2.05) is 0 Å². The summed E-state index contributed by atoms with van der Waals surface area (Å²) in [4.78, 5) is 2.06. The third-order valence-corrected chi connectivity index (χ3v) is 3.58. The zero-order valence-electron chi connectivity index (χ0n) is 11.0. The number of rotatable bonds is 4. The fourth-order valence-corrected chi connectivity index (χ4v) is 2.65. The Kier molecular flexibility index (Phi) is 4.82. The zero-order chi connectivity index (χ0) is 13.8. The Morgan fingerprint density at radius 1 is 1.26 bits per heavy atom. The zero-order valence-corrected chi connectivity index (χ0v) is 11.0. The van der Waals surface area contributed by atoms with Crippen LogP contribution in [0.15, 0.2) is 18.2 Å². The van der Waals surface area contributed by atoms with Gasteiger partial charge in [0.05, 0.1) is 0 Å². The van der Waals surface area contributed by atoms with Gasteiger partial charge < -0.3 is 5.32 Å². The molecule has 0 unspecified atom stereocenters. The maximum atomic E-state index is 13.1. The third kappa shape index (κ3) is 3.70. The molecule has 106 valence electrons. The summed E-state index contributed by atoms with van der Waals surface area (Å²) in [6.07, 6.45) is -2.56. The van der Waals surface area contributed by atoms with Gasteiger partial charge in [-0.2, -0.15) is 0 Å². The molecule has 2 nitrogen and oxygen atoms in total. The van der Waals surface area contributed by atoms with Crippen molar-refractivity contribution < 1.29 is 13.2 Å². The Morgan fingerprint density at radius 2 is 1.95 bits per heavy atom. The molecule has 0 aromatic heterocycles. The van der Waals surface area contributed by atoms with Crippen molar-refractivity contribution in [3.05, 3.63) is 35.1 Å². The van der Waals surface area contributed by atoms with Gasteiger partial charge in [0.1, 0.15) is 5.82 Å². The second-order valence-corrected chi connectivity index (χ2v) is 4.93. The molecule has 1 aromatic rings. The molecule has 1 fully saturated rings. The number of hydrogen-bond acceptors (Lipinski definition) is 2. The van der Waals surface area contributed by atoms with E-state index in [-0.39, 0.29) is 18.3 Å². The Morgan fingerprint density at radius 3 is 2.53 bits per heavy atom. The molecule has 0 aliphatic carbocycles. The fourth-order valence-electron chi connectivity index (χ4n) is 2.65. The van der Waals surface area contributed by atoms with Crippen LogP contribution in [0.25, 0.3) is 0 Å². The smallest absolute Gasteiger partial charge is 0.240 e. The van der Waals surface area contributed by atoms with Crippen LogP contribution in [0.4, 0.5) is 13.2 Å². The Labute approximate surface area is 111 Å². The quantitative estimate of drug-likeness (QED) is 0.906. The van der Waals surface area contributed by atoms with Crippen LogP contribution in [0.2, 0.25) is 0 Å². The average molecular weight is 272 g/mol. The summed E-state index contributed by atoms with van der Waals surface area (Å²) in [5.41, 5.74) is 1.55. The Bertz CT molecular complexity index is 417. The molecule has 2 rings (SSSR count). The maximum absolute atomic E-state index is 13.1. The van der Waals surface area contributed by atoms with Gasteiger partial charge in [-0.3, -0.25) is 4.90 Å². The lowest BCUT2D eigenvalue weighted by Gasteiger charge is -2.35. The van der Waals surface area contributed by atoms with Crippen LogP contribution in [-0.2, 0) is 0 Å². The summed E-state index contributed by atoms with van der Waals surface area (Å²) in [5.74, 6) is -0.322. The van der Waals surface area contributed by atoms with Crippen LogP contribution < -0.4 is 5.32 Å². The van der Waals surface area contributed by atoms with Crippen LogP contribution in [0.5, 0.6) is 0 Å². The normalized spacial score (nSPS) is 18.8. The molecular weight excluding hydrogens is 253 g/mol. The molecule has 1 aliphatic heterocycles. The SMILES string of the molecule is Cc1cc(F)ccc1[C@@H](CC(F)F)N1CCNCC1. The van der Waals surface area contributed by atoms with Crippen molar-refractivity contribution in [2.45, 2.75) is 25.8 Å². The van der Waals surface area contributed by atoms with Crippen LogP contribution in [0.1, 0.15) is 23.6 Å². The Balaban J connectivity index is 2.25. The van der Waals surface area contributed by atoms with Crippen LogP contribution in [0.3, 0.4) is 0 Å². The van der Waals surface area contributed by atoms with Gasteiger partial charge in [-0.1, -0.05) is 6.07 Å². The molecule has 1 N–H and O–H groups in total. The molecule has 1 heterocycles. The molecule has 1 aromatic carbocycles. The van der Waals surface area contributed by atoms with Crippen LogP contribution in [-0.4, -0.2) is 37.5 Å². The summed E-state index contributed by atoms with van der Waals surface area (Å²) in [5, 5.41) is 3.21. The first-order valence-electron chi connectivity index (χ1n) is 6.57. The topological polar surface area (TPSA) is 15.3 Å². The molecule has 0 radical (unpaired) electrons. The molecule has 5 heteroatoms. The van der Waals surface area contributed by atoms with Crippen molar-refractivity contribution >= 4 is 0 Å². The highest BCUT2D eigenvalue weighted by Gasteiger charge is 2.26. The van der Waals surface area contributed by atoms with Crippen molar-refractivity contribution in [2.24, 2.45) is 0 Å². The minimum atomic E-state index is -2.36. The number of aryl methyl sites for hydroxylation is 1. The van der Waals surface area contributed by atoms with Gasteiger partial charge in [0.2, 0.25) is 6.43 Å². The van der Waals surface area contributed by atoms with Gasteiger partial charge in [-0.25, -0.2) is 13.2 Å². The standard InChI is InChI=1S/C14H19F3N2/c1-10-8-11(15)2-3-12(10)13(9-14(16)17)19-6-4-18-5-7-19/h2-3,8,13-14,18H,4-7,9H2,1H3/t13-/m1/s1. The summed E-state index contributed by atoms with van der Waals surface area (Å²) in [7, 11) is 0. The minimum absolute atomic E-state index is 0.202. The Hall–Kier alpha value is -1.07. The second-order valence-electron chi connectivity index (χ2n) is 4.93. The molecule has 0 amide bonds. The van der Waals surface area contributed by atoms with E-state index in [4.69, 9.17) is 0 Å². The molecule has 1 aliphatic rings. The number of nitrogens with one attached hydrogen (secondary N) is 1. The molecule has 1 saturated heterocycles. The van der Waals surface area contributed by atoms with Crippen molar-refractivity contribution in [3.8, 4) is 0 Å². The van der Waals surface area contributed by atoms with Gasteiger partial charge >= 0.3 is 0 Å². The van der Waals surface area contributed by atoms with E-state index >= 15 is 0 Å². The van der Waals surface area contributed by atoms with Gasteiger partial charge in [-0.05, 0) is 30.2 Å². The van der Waals surface area contributed by atoms with E-state index in [0.717, 1.165) is 37.3 Å². The minimum Gasteiger partial charge on any atom is -0.314 e. The predicted octanol–water partition coefficient (Wildman–Crippen LogP) is 2.74. The largest absolute Gasteiger partial charge is 0.314 e. The highest BCUT2D eigenvalue weighted by molar-refractivity contribution is 5.29. The number of piperazine rings is 1. The van der Waals surface area contributed by atoms with Crippen molar-refractivity contribution in [2.75, 3.05) is 26.2 Å². The van der Waals surface area contributed by atoms with Crippen molar-refractivity contribution in [1.82, 2.24) is 10.2 Å². The van der Waals surface area contributed by atoms with Gasteiger partial charge in [0.15, 0.2) is 0 Å². The highest BCUT2D eigenvalue weighted by Crippen LogP contribution is 2.30. The molecule has 1 atom stereocenters. The lowest BCUT2D eigenvalue weighted by atomic mass is 9.96.